The summed E-state index contributed by atoms with van der Waals surface area (Å²) in [5, 5.41) is 0.347. The van der Waals surface area contributed by atoms with Crippen molar-refractivity contribution < 1.29 is 23.4 Å². The molecule has 0 radical (unpaired) electrons. The SMILES string of the molecule is CC(=O)c1ccc2nc(CN3CCN(c4cccc5c4OC(c4ccc(Cl)cc4F)CO5)CC3)n(C[C@@H]3CCO3)c2c1. The maximum Gasteiger partial charge on any atom is 0.185 e. The smallest absolute Gasteiger partial charge is 0.185 e. The summed E-state index contributed by atoms with van der Waals surface area (Å²) in [6.07, 6.45) is 0.645. The molecule has 218 valence electrons. The summed E-state index contributed by atoms with van der Waals surface area (Å²) in [6, 6.07) is 16.3. The third-order valence-corrected chi connectivity index (χ3v) is 8.64. The second kappa shape index (κ2) is 11.2. The Morgan fingerprint density at radius 2 is 1.93 bits per heavy atom. The Bertz CT molecular complexity index is 1650. The summed E-state index contributed by atoms with van der Waals surface area (Å²) >= 11 is 5.96. The van der Waals surface area contributed by atoms with Gasteiger partial charge in [-0.1, -0.05) is 23.7 Å². The maximum atomic E-state index is 14.7. The number of hydrogen-bond donors (Lipinski definition) is 0. The molecule has 0 bridgehead atoms. The van der Waals surface area contributed by atoms with Crippen molar-refractivity contribution in [3.05, 3.63) is 82.4 Å². The van der Waals surface area contributed by atoms with Gasteiger partial charge < -0.3 is 23.7 Å². The Hall–Kier alpha value is -3.66. The minimum absolute atomic E-state index is 0.0457. The number of benzene rings is 3. The van der Waals surface area contributed by atoms with Crippen molar-refractivity contribution in [1.29, 1.82) is 0 Å². The van der Waals surface area contributed by atoms with Crippen molar-refractivity contribution in [2.24, 2.45) is 0 Å². The number of Topliss-reactive ketones (excluding diaryl/α,β-unsaturated/α-hetero) is 1. The van der Waals surface area contributed by atoms with Gasteiger partial charge in [0.25, 0.3) is 0 Å². The van der Waals surface area contributed by atoms with Crippen LogP contribution in [-0.2, 0) is 17.8 Å². The molecule has 1 aromatic heterocycles. The molecule has 7 rings (SSSR count). The molecule has 2 fully saturated rings. The number of anilines is 1. The summed E-state index contributed by atoms with van der Waals surface area (Å²) in [4.78, 5) is 21.7. The first kappa shape index (κ1) is 27.2. The maximum absolute atomic E-state index is 14.7. The van der Waals surface area contributed by atoms with Gasteiger partial charge in [0, 0.05) is 48.9 Å². The molecule has 8 nitrogen and oxygen atoms in total. The molecule has 1 unspecified atom stereocenters. The molecule has 2 atom stereocenters. The molecule has 0 saturated carbocycles. The van der Waals surface area contributed by atoms with E-state index in [1.54, 1.807) is 19.1 Å². The van der Waals surface area contributed by atoms with E-state index in [1.807, 2.05) is 36.4 Å². The summed E-state index contributed by atoms with van der Waals surface area (Å²) < 4.78 is 35.0. The number of imidazole rings is 1. The van der Waals surface area contributed by atoms with Gasteiger partial charge in [-0.25, -0.2) is 9.37 Å². The van der Waals surface area contributed by atoms with Gasteiger partial charge in [0.1, 0.15) is 18.2 Å². The lowest BCUT2D eigenvalue weighted by molar-refractivity contribution is -0.0592. The number of hydrogen-bond acceptors (Lipinski definition) is 7. The number of halogens is 2. The van der Waals surface area contributed by atoms with E-state index >= 15 is 0 Å². The van der Waals surface area contributed by atoms with E-state index in [0.29, 0.717) is 34.2 Å². The van der Waals surface area contributed by atoms with Crippen LogP contribution in [-0.4, -0.2) is 65.7 Å². The fourth-order valence-electron chi connectivity index (χ4n) is 5.94. The molecule has 3 aromatic carbocycles. The van der Waals surface area contributed by atoms with Gasteiger partial charge in [-0.05, 0) is 55.8 Å². The number of rotatable bonds is 7. The molecular weight excluding hydrogens is 559 g/mol. The summed E-state index contributed by atoms with van der Waals surface area (Å²) in [7, 11) is 0. The van der Waals surface area contributed by atoms with Gasteiger partial charge >= 0.3 is 0 Å². The van der Waals surface area contributed by atoms with Crippen molar-refractivity contribution in [2.75, 3.05) is 44.3 Å². The Kier molecular flexibility index (Phi) is 7.25. The number of para-hydroxylation sites is 1. The number of carbonyl (C=O) groups excluding carboxylic acids is 1. The van der Waals surface area contributed by atoms with Crippen LogP contribution in [0.25, 0.3) is 11.0 Å². The van der Waals surface area contributed by atoms with E-state index in [2.05, 4.69) is 14.4 Å². The van der Waals surface area contributed by atoms with Gasteiger partial charge in [0.2, 0.25) is 0 Å². The lowest BCUT2D eigenvalue weighted by Crippen LogP contribution is -2.46. The lowest BCUT2D eigenvalue weighted by Gasteiger charge is -2.38. The molecule has 42 heavy (non-hydrogen) atoms. The van der Waals surface area contributed by atoms with Crippen LogP contribution in [0.2, 0.25) is 5.02 Å². The molecule has 0 spiro atoms. The quantitative estimate of drug-likeness (QED) is 0.258. The van der Waals surface area contributed by atoms with Crippen LogP contribution in [0.1, 0.15) is 41.2 Å². The molecule has 0 N–H and O–H groups in total. The largest absolute Gasteiger partial charge is 0.485 e. The van der Waals surface area contributed by atoms with Crippen molar-refractivity contribution >= 4 is 34.1 Å². The van der Waals surface area contributed by atoms with E-state index in [-0.39, 0.29) is 18.5 Å². The second-order valence-corrected chi connectivity index (χ2v) is 11.6. The van der Waals surface area contributed by atoms with Crippen LogP contribution in [0, 0.1) is 5.82 Å². The number of aromatic nitrogens is 2. The van der Waals surface area contributed by atoms with E-state index < -0.39 is 11.9 Å². The molecule has 0 aliphatic carbocycles. The van der Waals surface area contributed by atoms with Crippen LogP contribution in [0.4, 0.5) is 10.1 Å². The number of ether oxygens (including phenoxy) is 3. The Morgan fingerprint density at radius 3 is 2.67 bits per heavy atom. The third kappa shape index (κ3) is 5.21. The normalized spacial score (nSPS) is 20.5. The van der Waals surface area contributed by atoms with E-state index in [0.717, 1.165) is 68.3 Å². The molecule has 10 heteroatoms. The van der Waals surface area contributed by atoms with Crippen molar-refractivity contribution in [3.8, 4) is 11.5 Å². The number of piperazine rings is 1. The summed E-state index contributed by atoms with van der Waals surface area (Å²) in [5.41, 5.74) is 3.93. The van der Waals surface area contributed by atoms with Crippen molar-refractivity contribution in [3.63, 3.8) is 0 Å². The molecule has 0 amide bonds. The van der Waals surface area contributed by atoms with Crippen LogP contribution in [0.5, 0.6) is 11.5 Å². The predicted molar refractivity (Wildman–Crippen MR) is 158 cm³/mol. The topological polar surface area (TPSA) is 69.1 Å². The highest BCUT2D eigenvalue weighted by molar-refractivity contribution is 6.30. The van der Waals surface area contributed by atoms with E-state index in [1.165, 1.54) is 6.07 Å². The monoisotopic (exact) mass is 590 g/mol. The Labute approximate surface area is 248 Å². The van der Waals surface area contributed by atoms with Gasteiger partial charge in [-0.2, -0.15) is 0 Å². The number of carbonyl (C=O) groups is 1. The minimum Gasteiger partial charge on any atom is -0.485 e. The first-order chi connectivity index (χ1) is 20.4. The van der Waals surface area contributed by atoms with Crippen LogP contribution >= 0.6 is 11.6 Å². The van der Waals surface area contributed by atoms with Crippen molar-refractivity contribution in [2.45, 2.75) is 38.6 Å². The van der Waals surface area contributed by atoms with Crippen molar-refractivity contribution in [1.82, 2.24) is 14.5 Å². The predicted octanol–water partition coefficient (Wildman–Crippen LogP) is 5.66. The van der Waals surface area contributed by atoms with Crippen LogP contribution in [0.3, 0.4) is 0 Å². The highest BCUT2D eigenvalue weighted by atomic mass is 35.5. The van der Waals surface area contributed by atoms with E-state index in [9.17, 15) is 9.18 Å². The molecule has 2 saturated heterocycles. The van der Waals surface area contributed by atoms with Crippen LogP contribution in [0.15, 0.2) is 54.6 Å². The first-order valence-electron chi connectivity index (χ1n) is 14.4. The zero-order valence-electron chi connectivity index (χ0n) is 23.4. The standard InChI is InChI=1S/C32H32ClFN4O4/c1-20(39)21-5-8-26-28(15-21)38(17-23-9-14-40-23)31(35-26)18-36-10-12-37(13-11-36)27-3-2-4-29-32(27)42-30(19-41-29)24-7-6-22(33)16-25(24)34/h2-8,15-16,23,30H,9-14,17-19H2,1H3/t23-,30?/m0/s1. The first-order valence-corrected chi connectivity index (χ1v) is 14.8. The summed E-state index contributed by atoms with van der Waals surface area (Å²) in [6.45, 7) is 7.30. The molecule has 3 aliphatic heterocycles. The van der Waals surface area contributed by atoms with Gasteiger partial charge in [0.15, 0.2) is 23.4 Å². The van der Waals surface area contributed by atoms with Crippen LogP contribution < -0.4 is 14.4 Å². The number of fused-ring (bicyclic) bond motifs is 2. The average Bonchev–Trinajstić information content (AvgIpc) is 3.30. The molecule has 3 aliphatic rings. The van der Waals surface area contributed by atoms with E-state index in [4.69, 9.17) is 30.8 Å². The number of nitrogens with zero attached hydrogens (tertiary/aromatic N) is 4. The minimum atomic E-state index is -0.562. The van der Waals surface area contributed by atoms with Gasteiger partial charge in [-0.15, -0.1) is 0 Å². The summed E-state index contributed by atoms with van der Waals surface area (Å²) in [5.74, 6) is 1.93. The third-order valence-electron chi connectivity index (χ3n) is 8.41. The zero-order valence-corrected chi connectivity index (χ0v) is 24.1. The van der Waals surface area contributed by atoms with Gasteiger partial charge in [0.05, 0.1) is 35.9 Å². The Balaban J connectivity index is 1.07. The zero-order chi connectivity index (χ0) is 28.8. The molecule has 4 heterocycles. The highest BCUT2D eigenvalue weighted by Crippen LogP contribution is 2.44. The molecular formula is C32H32ClFN4O4. The molecule has 4 aromatic rings. The average molecular weight is 591 g/mol. The number of ketones is 1. The second-order valence-electron chi connectivity index (χ2n) is 11.1. The Morgan fingerprint density at radius 1 is 1.10 bits per heavy atom. The fraction of sp³-hybridized carbons (Fsp3) is 0.375. The van der Waals surface area contributed by atoms with Gasteiger partial charge in [-0.3, -0.25) is 9.69 Å². The highest BCUT2D eigenvalue weighted by Gasteiger charge is 2.30. The fourth-order valence-corrected chi connectivity index (χ4v) is 6.10. The lowest BCUT2D eigenvalue weighted by atomic mass is 10.1.